The van der Waals surface area contributed by atoms with Crippen molar-refractivity contribution in [3.05, 3.63) is 41.7 Å². The van der Waals surface area contributed by atoms with Crippen molar-refractivity contribution in [2.75, 3.05) is 171 Å². The average molecular weight is 967 g/mol. The maximum Gasteiger partial charge on any atom is 0.314 e. The monoisotopic (exact) mass is 966 g/mol. The number of nitrogens with two attached hydrogens (primary N) is 1. The van der Waals surface area contributed by atoms with Crippen molar-refractivity contribution in [3.63, 3.8) is 0 Å². The predicted molar refractivity (Wildman–Crippen MR) is 245 cm³/mol. The molecule has 0 fully saturated rings. The molecule has 24 nitrogen and oxygen atoms in total. The molecule has 2 aliphatic heterocycles. The minimum atomic E-state index is -0.499. The topological polar surface area (TPSA) is 281 Å². The molecule has 0 bridgehead atoms. The maximum absolute atomic E-state index is 13.3. The van der Waals surface area contributed by atoms with E-state index in [2.05, 4.69) is 25.9 Å². The van der Waals surface area contributed by atoms with Crippen LogP contribution in [0.15, 0.2) is 41.2 Å². The Balaban J connectivity index is 0.958. The third-order valence-corrected chi connectivity index (χ3v) is 9.01. The zero-order chi connectivity index (χ0) is 48.7. The second-order valence-corrected chi connectivity index (χ2v) is 14.4. The summed E-state index contributed by atoms with van der Waals surface area (Å²) in [5, 5.41) is 9.28. The molecule has 2 aliphatic rings. The van der Waals surface area contributed by atoms with E-state index in [1.54, 1.807) is 24.5 Å². The lowest BCUT2D eigenvalue weighted by atomic mass is 10.1. The van der Waals surface area contributed by atoms with Gasteiger partial charge in [-0.3, -0.25) is 33.9 Å². The summed E-state index contributed by atoms with van der Waals surface area (Å²) in [6, 6.07) is 1.39. The van der Waals surface area contributed by atoms with Gasteiger partial charge in [-0.2, -0.15) is 0 Å². The second-order valence-electron chi connectivity index (χ2n) is 14.4. The van der Waals surface area contributed by atoms with E-state index in [1.165, 1.54) is 5.06 Å². The molecule has 0 saturated heterocycles. The van der Waals surface area contributed by atoms with Crippen LogP contribution < -0.4 is 21.7 Å². The van der Waals surface area contributed by atoms with E-state index in [0.717, 1.165) is 22.6 Å². The number of hydrogen-bond acceptors (Lipinski definition) is 19. The van der Waals surface area contributed by atoms with E-state index in [1.807, 2.05) is 6.92 Å². The summed E-state index contributed by atoms with van der Waals surface area (Å²) in [6.07, 6.45) is 8.10. The Kier molecular flexibility index (Phi) is 32.0. The molecule has 1 aromatic rings. The van der Waals surface area contributed by atoms with Crippen LogP contribution in [-0.4, -0.2) is 222 Å². The normalized spacial score (nSPS) is 13.3. The quantitative estimate of drug-likeness (QED) is 0.0366. The molecule has 3 heterocycles. The molecular formula is C44H70N8O16. The van der Waals surface area contributed by atoms with E-state index in [0.29, 0.717) is 162 Å². The number of carbonyl (C=O) groups excluding carboxylic acids is 5. The maximum atomic E-state index is 13.3. The van der Waals surface area contributed by atoms with E-state index in [4.69, 9.17) is 57.9 Å². The molecule has 382 valence electrons. The van der Waals surface area contributed by atoms with Crippen molar-refractivity contribution in [3.8, 4) is 0 Å². The third kappa shape index (κ3) is 27.1. The van der Waals surface area contributed by atoms with Crippen molar-refractivity contribution >= 4 is 47.3 Å². The highest BCUT2D eigenvalue weighted by molar-refractivity contribution is 6.14. The zero-order valence-corrected chi connectivity index (χ0v) is 39.2. The summed E-state index contributed by atoms with van der Waals surface area (Å²) < 4.78 is 54.7. The molecule has 0 unspecified atom stereocenters. The number of carbonyl (C=O) groups is 5. The summed E-state index contributed by atoms with van der Waals surface area (Å²) >= 11 is 0. The Hall–Kier alpha value is -4.99. The van der Waals surface area contributed by atoms with Crippen molar-refractivity contribution in [2.45, 2.75) is 19.8 Å². The van der Waals surface area contributed by atoms with Gasteiger partial charge in [0.05, 0.1) is 151 Å². The number of nitrogens with zero attached hydrogens (tertiary/aromatic N) is 4. The molecule has 68 heavy (non-hydrogen) atoms. The van der Waals surface area contributed by atoms with Crippen molar-refractivity contribution < 1.29 is 76.2 Å². The number of amides is 6. The van der Waals surface area contributed by atoms with Crippen LogP contribution in [0.25, 0.3) is 6.08 Å². The summed E-state index contributed by atoms with van der Waals surface area (Å²) in [7, 11) is 0. The first kappa shape index (κ1) is 57.3. The molecule has 3 rings (SSSR count). The van der Waals surface area contributed by atoms with Crippen molar-refractivity contribution in [2.24, 2.45) is 10.7 Å². The largest absolute Gasteiger partial charge is 0.387 e. The molecule has 0 saturated carbocycles. The van der Waals surface area contributed by atoms with Crippen LogP contribution in [0.2, 0.25) is 0 Å². The summed E-state index contributed by atoms with van der Waals surface area (Å²) in [4.78, 5) is 75.1. The molecule has 0 aromatic carbocycles. The third-order valence-electron chi connectivity index (χ3n) is 9.01. The number of hydrogen-bond donors (Lipinski definition) is 4. The Morgan fingerprint density at radius 3 is 1.51 bits per heavy atom. The van der Waals surface area contributed by atoms with Crippen LogP contribution in [0.1, 0.15) is 25.3 Å². The van der Waals surface area contributed by atoms with Crippen LogP contribution >= 0.6 is 0 Å². The standard InChI is InChI=1S/C44H70N8O16/c1-2-10-52(43(56)37-32-36-5-6-46-34-38(36)50-39(45)33-37)68-13-9-49-44(57)48-8-12-59-15-17-61-19-21-63-23-25-65-27-29-67-31-30-66-28-26-64-24-22-62-20-18-60-16-14-58-11-7-47-40(53)35-51-41(54)3-4-42(51)55/h3-6,32,34H,2,7-31,33,35H2,1H3,(H2,45,50)(H,47,53)(H2,48,49,57). The van der Waals surface area contributed by atoms with Crippen LogP contribution in [-0.2, 0) is 71.4 Å². The molecule has 6 amide bonds. The van der Waals surface area contributed by atoms with Gasteiger partial charge in [0, 0.05) is 62.1 Å². The van der Waals surface area contributed by atoms with E-state index in [-0.39, 0.29) is 51.2 Å². The van der Waals surface area contributed by atoms with Gasteiger partial charge in [-0.15, -0.1) is 0 Å². The summed E-state index contributed by atoms with van der Waals surface area (Å²) in [5.41, 5.74) is 7.84. The van der Waals surface area contributed by atoms with Gasteiger partial charge in [-0.25, -0.2) is 14.9 Å². The molecular weight excluding hydrogens is 897 g/mol. The first-order chi connectivity index (χ1) is 33.3. The first-order valence-corrected chi connectivity index (χ1v) is 22.8. The Labute approximate surface area is 397 Å². The molecule has 0 atom stereocenters. The Morgan fingerprint density at radius 1 is 0.632 bits per heavy atom. The van der Waals surface area contributed by atoms with Crippen LogP contribution in [0.3, 0.4) is 0 Å². The lowest BCUT2D eigenvalue weighted by Gasteiger charge is -2.22. The van der Waals surface area contributed by atoms with Gasteiger partial charge < -0.3 is 69.1 Å². The number of imide groups is 1. The number of fused-ring (bicyclic) bond motifs is 1. The van der Waals surface area contributed by atoms with Gasteiger partial charge in [-0.05, 0) is 18.6 Å². The predicted octanol–water partition coefficient (Wildman–Crippen LogP) is -0.466. The fourth-order valence-electron chi connectivity index (χ4n) is 5.72. The number of urea groups is 1. The van der Waals surface area contributed by atoms with Gasteiger partial charge >= 0.3 is 6.03 Å². The number of rotatable bonds is 42. The number of pyridine rings is 1. The lowest BCUT2D eigenvalue weighted by molar-refractivity contribution is -0.181. The molecule has 5 N–H and O–H groups in total. The minimum Gasteiger partial charge on any atom is -0.387 e. The van der Waals surface area contributed by atoms with Crippen LogP contribution in [0.5, 0.6) is 0 Å². The van der Waals surface area contributed by atoms with Gasteiger partial charge in [0.15, 0.2) is 0 Å². The van der Waals surface area contributed by atoms with Crippen LogP contribution in [0.4, 0.5) is 10.5 Å². The average Bonchev–Trinajstić information content (AvgIpc) is 3.53. The number of ether oxygens (including phenoxy) is 10. The van der Waals surface area contributed by atoms with Crippen molar-refractivity contribution in [1.29, 1.82) is 0 Å². The van der Waals surface area contributed by atoms with Gasteiger partial charge in [0.1, 0.15) is 12.4 Å². The number of amidine groups is 1. The Bertz CT molecular complexity index is 1690. The number of aromatic nitrogens is 1. The first-order valence-electron chi connectivity index (χ1n) is 22.8. The number of hydroxylamine groups is 2. The molecule has 0 aliphatic carbocycles. The highest BCUT2D eigenvalue weighted by Gasteiger charge is 2.25. The fraction of sp³-hybridized carbons (Fsp3) is 0.659. The van der Waals surface area contributed by atoms with Crippen LogP contribution in [0, 0.1) is 0 Å². The Morgan fingerprint density at radius 2 is 1.06 bits per heavy atom. The number of aliphatic imine (C=N–C) groups is 1. The van der Waals surface area contributed by atoms with E-state index >= 15 is 0 Å². The van der Waals surface area contributed by atoms with E-state index < -0.39 is 17.7 Å². The summed E-state index contributed by atoms with van der Waals surface area (Å²) in [6.45, 7) is 11.0. The second kappa shape index (κ2) is 37.9. The lowest BCUT2D eigenvalue weighted by Crippen LogP contribution is -2.41. The van der Waals surface area contributed by atoms with E-state index in [9.17, 15) is 24.0 Å². The number of nitrogens with one attached hydrogen (secondary N) is 3. The fourth-order valence-corrected chi connectivity index (χ4v) is 5.72. The molecule has 1 aromatic heterocycles. The zero-order valence-electron chi connectivity index (χ0n) is 39.2. The molecule has 0 radical (unpaired) electrons. The summed E-state index contributed by atoms with van der Waals surface area (Å²) in [5.74, 6) is -1.44. The molecule has 0 spiro atoms. The minimum absolute atomic E-state index is 0.0972. The van der Waals surface area contributed by atoms with Gasteiger partial charge in [0.2, 0.25) is 5.91 Å². The van der Waals surface area contributed by atoms with Crippen molar-refractivity contribution in [1.82, 2.24) is 30.9 Å². The highest BCUT2D eigenvalue weighted by atomic mass is 16.7. The molecule has 24 heteroatoms. The van der Waals surface area contributed by atoms with Gasteiger partial charge in [-0.1, -0.05) is 6.92 Å². The van der Waals surface area contributed by atoms with Gasteiger partial charge in [0.25, 0.3) is 17.7 Å². The smallest absolute Gasteiger partial charge is 0.314 e. The highest BCUT2D eigenvalue weighted by Crippen LogP contribution is 2.26. The SMILES string of the molecule is CCCN(OCCNC(=O)NCCOCCOCCOCCOCCOCCOCCOCCOCCOCCOCCNC(=O)CN1C(=O)C=CC1=O)C(=O)C1=Cc2ccncc2N=C(N)C1.